The fourth-order valence-corrected chi connectivity index (χ4v) is 4.34. The molecule has 1 aliphatic carbocycles. The number of nitrogens with zero attached hydrogens (tertiary/aromatic N) is 1. The SMILES string of the molecule is NC1CCC2CN(C(=O)c3ccccc3Cc3ccccc3)CC12. The molecule has 3 nitrogen and oxygen atoms in total. The predicted molar refractivity (Wildman–Crippen MR) is 95.8 cm³/mol. The smallest absolute Gasteiger partial charge is 0.254 e. The first kappa shape index (κ1) is 15.4. The molecule has 2 N–H and O–H groups in total. The number of likely N-dealkylation sites (tertiary alicyclic amines) is 1. The number of nitrogens with two attached hydrogens (primary N) is 1. The van der Waals surface area contributed by atoms with Crippen LogP contribution in [0.1, 0.15) is 34.3 Å². The Kier molecular flexibility index (Phi) is 4.11. The lowest BCUT2D eigenvalue weighted by Crippen LogP contribution is -2.33. The van der Waals surface area contributed by atoms with Gasteiger partial charge in [-0.25, -0.2) is 0 Å². The molecule has 3 unspecified atom stereocenters. The van der Waals surface area contributed by atoms with Crippen LogP contribution in [0.4, 0.5) is 0 Å². The number of carbonyl (C=O) groups excluding carboxylic acids is 1. The highest BCUT2D eigenvalue weighted by Crippen LogP contribution is 2.37. The van der Waals surface area contributed by atoms with Crippen LogP contribution in [-0.4, -0.2) is 29.9 Å². The van der Waals surface area contributed by atoms with E-state index in [9.17, 15) is 4.79 Å². The molecule has 1 saturated heterocycles. The van der Waals surface area contributed by atoms with E-state index in [1.165, 1.54) is 12.0 Å². The minimum absolute atomic E-state index is 0.170. The third-order valence-corrected chi connectivity index (χ3v) is 5.68. The minimum atomic E-state index is 0.170. The zero-order valence-electron chi connectivity index (χ0n) is 13.9. The monoisotopic (exact) mass is 320 g/mol. The van der Waals surface area contributed by atoms with Crippen LogP contribution in [0.15, 0.2) is 54.6 Å². The van der Waals surface area contributed by atoms with Crippen LogP contribution in [0, 0.1) is 11.8 Å². The van der Waals surface area contributed by atoms with E-state index in [4.69, 9.17) is 5.73 Å². The summed E-state index contributed by atoms with van der Waals surface area (Å²) in [5.74, 6) is 1.27. The molecule has 4 rings (SSSR count). The van der Waals surface area contributed by atoms with Crippen molar-refractivity contribution in [3.8, 4) is 0 Å². The van der Waals surface area contributed by atoms with Crippen LogP contribution < -0.4 is 5.73 Å². The molecule has 0 radical (unpaired) electrons. The molecule has 1 aliphatic heterocycles. The highest BCUT2D eigenvalue weighted by Gasteiger charge is 2.42. The van der Waals surface area contributed by atoms with Crippen LogP contribution in [0.3, 0.4) is 0 Å². The van der Waals surface area contributed by atoms with Gasteiger partial charge in [0, 0.05) is 24.7 Å². The molecule has 3 heteroatoms. The van der Waals surface area contributed by atoms with Crippen LogP contribution in [0.5, 0.6) is 0 Å². The van der Waals surface area contributed by atoms with Gasteiger partial charge in [-0.05, 0) is 48.3 Å². The molecule has 0 spiro atoms. The van der Waals surface area contributed by atoms with Gasteiger partial charge in [-0.1, -0.05) is 48.5 Å². The predicted octanol–water partition coefficient (Wildman–Crippen LogP) is 3.09. The Morgan fingerprint density at radius 2 is 1.75 bits per heavy atom. The molecule has 124 valence electrons. The molecule has 1 heterocycles. The van der Waals surface area contributed by atoms with Crippen molar-refractivity contribution in [2.75, 3.05) is 13.1 Å². The van der Waals surface area contributed by atoms with E-state index in [0.717, 1.165) is 37.1 Å². The van der Waals surface area contributed by atoms with Crippen molar-refractivity contribution in [2.24, 2.45) is 17.6 Å². The van der Waals surface area contributed by atoms with Gasteiger partial charge in [0.05, 0.1) is 0 Å². The molecule has 2 fully saturated rings. The second-order valence-corrected chi connectivity index (χ2v) is 7.19. The van der Waals surface area contributed by atoms with Gasteiger partial charge in [0.2, 0.25) is 0 Å². The van der Waals surface area contributed by atoms with E-state index >= 15 is 0 Å². The highest BCUT2D eigenvalue weighted by atomic mass is 16.2. The maximum Gasteiger partial charge on any atom is 0.254 e. The number of benzene rings is 2. The maximum absolute atomic E-state index is 13.1. The van der Waals surface area contributed by atoms with E-state index in [1.807, 2.05) is 41.3 Å². The first-order valence-corrected chi connectivity index (χ1v) is 8.89. The van der Waals surface area contributed by atoms with E-state index in [2.05, 4.69) is 18.2 Å². The molecule has 2 aromatic rings. The molecule has 0 bridgehead atoms. The average molecular weight is 320 g/mol. The largest absolute Gasteiger partial charge is 0.338 e. The molecular formula is C21H24N2O. The number of fused-ring (bicyclic) bond motifs is 1. The third kappa shape index (κ3) is 2.84. The summed E-state index contributed by atoms with van der Waals surface area (Å²) < 4.78 is 0. The minimum Gasteiger partial charge on any atom is -0.338 e. The Labute approximate surface area is 143 Å². The Hall–Kier alpha value is -2.13. The molecule has 1 saturated carbocycles. The van der Waals surface area contributed by atoms with Gasteiger partial charge in [0.15, 0.2) is 0 Å². The Morgan fingerprint density at radius 3 is 2.54 bits per heavy atom. The molecule has 2 aromatic carbocycles. The van der Waals surface area contributed by atoms with E-state index in [1.54, 1.807) is 0 Å². The number of rotatable bonds is 3. The van der Waals surface area contributed by atoms with Gasteiger partial charge < -0.3 is 10.6 Å². The highest BCUT2D eigenvalue weighted by molar-refractivity contribution is 5.96. The van der Waals surface area contributed by atoms with Crippen molar-refractivity contribution in [2.45, 2.75) is 25.3 Å². The maximum atomic E-state index is 13.1. The molecular weight excluding hydrogens is 296 g/mol. The van der Waals surface area contributed by atoms with Crippen LogP contribution in [0.2, 0.25) is 0 Å². The summed E-state index contributed by atoms with van der Waals surface area (Å²) in [4.78, 5) is 15.1. The van der Waals surface area contributed by atoms with Crippen molar-refractivity contribution in [3.63, 3.8) is 0 Å². The molecule has 3 atom stereocenters. The van der Waals surface area contributed by atoms with Crippen molar-refractivity contribution in [3.05, 3.63) is 71.3 Å². The Bertz CT molecular complexity index is 728. The van der Waals surface area contributed by atoms with Crippen LogP contribution in [-0.2, 0) is 6.42 Å². The third-order valence-electron chi connectivity index (χ3n) is 5.68. The zero-order chi connectivity index (χ0) is 16.5. The summed E-state index contributed by atoms with van der Waals surface area (Å²) in [5.41, 5.74) is 9.40. The van der Waals surface area contributed by atoms with E-state index < -0.39 is 0 Å². The van der Waals surface area contributed by atoms with E-state index in [0.29, 0.717) is 11.8 Å². The molecule has 0 aromatic heterocycles. The fourth-order valence-electron chi connectivity index (χ4n) is 4.34. The van der Waals surface area contributed by atoms with E-state index in [-0.39, 0.29) is 11.9 Å². The normalized spacial score (nSPS) is 25.7. The summed E-state index contributed by atoms with van der Waals surface area (Å²) in [6.07, 6.45) is 3.08. The van der Waals surface area contributed by atoms with Gasteiger partial charge in [0.25, 0.3) is 5.91 Å². The Morgan fingerprint density at radius 1 is 1.00 bits per heavy atom. The lowest BCUT2D eigenvalue weighted by Gasteiger charge is -2.20. The first-order chi connectivity index (χ1) is 11.7. The number of hydrogen-bond donors (Lipinski definition) is 1. The fraction of sp³-hybridized carbons (Fsp3) is 0.381. The van der Waals surface area contributed by atoms with Crippen LogP contribution >= 0.6 is 0 Å². The van der Waals surface area contributed by atoms with Crippen molar-refractivity contribution >= 4 is 5.91 Å². The van der Waals surface area contributed by atoms with Gasteiger partial charge in [0.1, 0.15) is 0 Å². The van der Waals surface area contributed by atoms with Crippen LogP contribution in [0.25, 0.3) is 0 Å². The zero-order valence-corrected chi connectivity index (χ0v) is 13.9. The van der Waals surface area contributed by atoms with Gasteiger partial charge in [-0.2, -0.15) is 0 Å². The van der Waals surface area contributed by atoms with Crippen molar-refractivity contribution < 1.29 is 4.79 Å². The number of amides is 1. The standard InChI is InChI=1S/C21H24N2O/c22-20-11-10-17-13-23(14-19(17)20)21(24)18-9-5-4-8-16(18)12-15-6-2-1-3-7-15/h1-9,17,19-20H,10-14,22H2. The van der Waals surface area contributed by atoms with Crippen molar-refractivity contribution in [1.82, 2.24) is 4.90 Å². The molecule has 1 amide bonds. The second kappa shape index (κ2) is 6.40. The second-order valence-electron chi connectivity index (χ2n) is 7.19. The summed E-state index contributed by atoms with van der Waals surface area (Å²) in [7, 11) is 0. The summed E-state index contributed by atoms with van der Waals surface area (Å²) in [6, 6.07) is 18.6. The van der Waals surface area contributed by atoms with Gasteiger partial charge in [-0.15, -0.1) is 0 Å². The molecule has 24 heavy (non-hydrogen) atoms. The topological polar surface area (TPSA) is 46.3 Å². The number of hydrogen-bond acceptors (Lipinski definition) is 2. The summed E-state index contributed by atoms with van der Waals surface area (Å²) >= 11 is 0. The first-order valence-electron chi connectivity index (χ1n) is 8.89. The average Bonchev–Trinajstić information content (AvgIpc) is 3.18. The lowest BCUT2D eigenvalue weighted by molar-refractivity contribution is 0.0778. The summed E-state index contributed by atoms with van der Waals surface area (Å²) in [6.45, 7) is 1.70. The number of carbonyl (C=O) groups is 1. The Balaban J connectivity index is 1.55. The van der Waals surface area contributed by atoms with Crippen molar-refractivity contribution in [1.29, 1.82) is 0 Å². The quantitative estimate of drug-likeness (QED) is 0.944. The lowest BCUT2D eigenvalue weighted by atomic mass is 9.98. The van der Waals surface area contributed by atoms with Gasteiger partial charge >= 0.3 is 0 Å². The van der Waals surface area contributed by atoms with Gasteiger partial charge in [-0.3, -0.25) is 4.79 Å². The molecule has 2 aliphatic rings. The summed E-state index contributed by atoms with van der Waals surface area (Å²) in [5, 5.41) is 0.